The van der Waals surface area contributed by atoms with Crippen molar-refractivity contribution in [1.29, 1.82) is 0 Å². The van der Waals surface area contributed by atoms with Gasteiger partial charge in [-0.2, -0.15) is 21.4 Å². The Labute approximate surface area is 359 Å². The monoisotopic (exact) mass is 853 g/mol. The Hall–Kier alpha value is -4.09. The molecule has 60 heavy (non-hydrogen) atoms. The van der Waals surface area contributed by atoms with Gasteiger partial charge in [-0.1, -0.05) is 126 Å². The lowest BCUT2D eigenvalue weighted by molar-refractivity contribution is -0.438. The molecular formula is C50H65N2O6S2+. The van der Waals surface area contributed by atoms with Crippen molar-refractivity contribution in [2.45, 2.75) is 110 Å². The molecular weight excluding hydrogens is 789 g/mol. The van der Waals surface area contributed by atoms with Gasteiger partial charge < -0.3 is 4.90 Å². The number of allylic oxidation sites excluding steroid dienone is 6. The Kier molecular flexibility index (Phi) is 14.3. The molecule has 0 bridgehead atoms. The van der Waals surface area contributed by atoms with E-state index in [1.54, 1.807) is 0 Å². The van der Waals surface area contributed by atoms with Gasteiger partial charge in [-0.15, -0.1) is 0 Å². The minimum absolute atomic E-state index is 0.242. The molecule has 0 aliphatic carbocycles. The topological polar surface area (TPSA) is 115 Å². The second-order valence-corrected chi connectivity index (χ2v) is 21.0. The van der Waals surface area contributed by atoms with Gasteiger partial charge in [-0.05, 0) is 97.0 Å². The van der Waals surface area contributed by atoms with Crippen LogP contribution in [0.4, 0.5) is 11.4 Å². The van der Waals surface area contributed by atoms with Crippen LogP contribution in [-0.2, 0) is 31.1 Å². The van der Waals surface area contributed by atoms with Crippen molar-refractivity contribution in [3.05, 3.63) is 120 Å². The van der Waals surface area contributed by atoms with Gasteiger partial charge in [-0.25, -0.2) is 0 Å². The van der Waals surface area contributed by atoms with Crippen LogP contribution < -0.4 is 4.90 Å². The maximum absolute atomic E-state index is 11.6. The number of benzene rings is 4. The van der Waals surface area contributed by atoms with Crippen molar-refractivity contribution >= 4 is 58.9 Å². The molecule has 2 N–H and O–H groups in total. The molecule has 2 unspecified atom stereocenters. The molecule has 0 saturated carbocycles. The van der Waals surface area contributed by atoms with Gasteiger partial charge in [0.25, 0.3) is 20.2 Å². The average Bonchev–Trinajstić information content (AvgIpc) is 3.55. The number of unbranched alkanes of at least 4 members (excludes halogenated alkanes) is 4. The number of nitrogens with zero attached hydrogens (tertiary/aromatic N) is 2. The van der Waals surface area contributed by atoms with Gasteiger partial charge in [0.1, 0.15) is 6.54 Å². The zero-order chi connectivity index (χ0) is 43.3. The average molecular weight is 854 g/mol. The maximum atomic E-state index is 11.6. The molecule has 0 aromatic heterocycles. The summed E-state index contributed by atoms with van der Waals surface area (Å²) in [6.07, 6.45) is 19.0. The summed E-state index contributed by atoms with van der Waals surface area (Å²) in [5.41, 5.74) is 6.68. The molecule has 2 atom stereocenters. The summed E-state index contributed by atoms with van der Waals surface area (Å²) < 4.78 is 67.5. The first-order valence-electron chi connectivity index (χ1n) is 21.9. The number of anilines is 1. The van der Waals surface area contributed by atoms with Crippen LogP contribution in [-0.4, -0.2) is 60.8 Å². The normalized spacial score (nSPS) is 18.1. The van der Waals surface area contributed by atoms with Crippen molar-refractivity contribution in [3.8, 4) is 0 Å². The van der Waals surface area contributed by atoms with Crippen LogP contribution in [0.5, 0.6) is 0 Å². The van der Waals surface area contributed by atoms with Crippen LogP contribution in [0.15, 0.2) is 109 Å². The minimum Gasteiger partial charge on any atom is -0.344 e. The Morgan fingerprint density at radius 1 is 0.683 bits per heavy atom. The van der Waals surface area contributed by atoms with Crippen molar-refractivity contribution in [2.24, 2.45) is 11.8 Å². The van der Waals surface area contributed by atoms with E-state index >= 15 is 0 Å². The fraction of sp³-hybridized carbons (Fsp3) is 0.460. The van der Waals surface area contributed by atoms with Gasteiger partial charge >= 0.3 is 0 Å². The van der Waals surface area contributed by atoms with Crippen molar-refractivity contribution in [2.75, 3.05) is 29.5 Å². The SMILES string of the molecule is CCCCCC(C=C1N(CCCCS(=O)(=O)O)c2ccc3ccccc3c2C1(C)C)C(/C=C/C=C/C1=[N+](CCCCS(=O)(=O)O)c2ccc3ccccc3c2C1(C)C)CC. The Morgan fingerprint density at radius 3 is 1.93 bits per heavy atom. The van der Waals surface area contributed by atoms with Gasteiger partial charge in [0.15, 0.2) is 5.71 Å². The molecule has 0 amide bonds. The highest BCUT2D eigenvalue weighted by molar-refractivity contribution is 7.86. The molecule has 8 nitrogen and oxygen atoms in total. The standard InChI is InChI=1S/C50H64N2O6S2/c1-7-9-10-24-40(36-46-50(5,6)48-42-26-15-12-23-39(42)29-31-44(48)52(46)33-18-20-35-60(56,57)58)37(8-2)21-13-16-27-45-49(3,4)47-41-25-14-11-22-38(41)28-30-43(47)51(45)32-17-19-34-59(53,54)55/h11-16,21-23,25-31,36-37,40H,7-10,17-20,24,32-35H2,1-6H3,(H-,53,54,55,56,57,58)/p+1/b21-13+,27-16+,46-36?. The fourth-order valence-corrected chi connectivity index (χ4v) is 11.0. The number of fused-ring (bicyclic) bond motifs is 6. The molecule has 2 heterocycles. The highest BCUT2D eigenvalue weighted by atomic mass is 32.2. The highest BCUT2D eigenvalue weighted by Crippen LogP contribution is 2.52. The largest absolute Gasteiger partial charge is 0.344 e. The molecule has 0 saturated heterocycles. The second-order valence-electron chi connectivity index (χ2n) is 17.8. The summed E-state index contributed by atoms with van der Waals surface area (Å²) in [4.78, 5) is 2.42. The summed E-state index contributed by atoms with van der Waals surface area (Å²) in [6, 6.07) is 25.8. The summed E-state index contributed by atoms with van der Waals surface area (Å²) in [7, 11) is -8.05. The molecule has 322 valence electrons. The summed E-state index contributed by atoms with van der Waals surface area (Å²) in [6.45, 7) is 15.0. The van der Waals surface area contributed by atoms with Crippen LogP contribution in [0.2, 0.25) is 0 Å². The molecule has 4 aromatic rings. The van der Waals surface area contributed by atoms with Gasteiger partial charge in [-0.3, -0.25) is 9.11 Å². The first-order valence-corrected chi connectivity index (χ1v) is 25.1. The van der Waals surface area contributed by atoms with E-state index in [4.69, 9.17) is 0 Å². The van der Waals surface area contributed by atoms with E-state index in [1.807, 2.05) is 0 Å². The lowest BCUT2D eigenvalue weighted by Gasteiger charge is -2.31. The third kappa shape index (κ3) is 10.2. The Morgan fingerprint density at radius 2 is 1.30 bits per heavy atom. The van der Waals surface area contributed by atoms with E-state index < -0.39 is 20.2 Å². The summed E-state index contributed by atoms with van der Waals surface area (Å²) >= 11 is 0. The Bertz CT molecular complexity index is 2530. The molecule has 2 aliphatic heterocycles. The van der Waals surface area contributed by atoms with E-state index in [1.165, 1.54) is 44.1 Å². The van der Waals surface area contributed by atoms with Crippen molar-refractivity contribution in [3.63, 3.8) is 0 Å². The van der Waals surface area contributed by atoms with E-state index in [0.29, 0.717) is 38.8 Å². The lowest BCUT2D eigenvalue weighted by atomic mass is 9.77. The summed E-state index contributed by atoms with van der Waals surface area (Å²) in [5.74, 6) is 0.0551. The third-order valence-electron chi connectivity index (χ3n) is 12.8. The lowest BCUT2D eigenvalue weighted by Crippen LogP contribution is -2.29. The van der Waals surface area contributed by atoms with E-state index in [0.717, 1.165) is 43.5 Å². The van der Waals surface area contributed by atoms with Crippen LogP contribution >= 0.6 is 0 Å². The van der Waals surface area contributed by atoms with Crippen LogP contribution in [0, 0.1) is 11.8 Å². The third-order valence-corrected chi connectivity index (χ3v) is 14.4. The van der Waals surface area contributed by atoms with Crippen LogP contribution in [0.3, 0.4) is 0 Å². The van der Waals surface area contributed by atoms with Crippen LogP contribution in [0.25, 0.3) is 21.5 Å². The molecule has 6 rings (SSSR count). The Balaban J connectivity index is 1.34. The number of rotatable bonds is 20. The van der Waals surface area contributed by atoms with E-state index in [9.17, 15) is 25.9 Å². The highest BCUT2D eigenvalue weighted by Gasteiger charge is 2.45. The predicted octanol–water partition coefficient (Wildman–Crippen LogP) is 11.7. The van der Waals surface area contributed by atoms with Gasteiger partial charge in [0, 0.05) is 47.5 Å². The summed E-state index contributed by atoms with van der Waals surface area (Å²) in [5, 5.41) is 4.84. The quantitative estimate of drug-likeness (QED) is 0.0394. The fourth-order valence-electron chi connectivity index (χ4n) is 9.85. The van der Waals surface area contributed by atoms with E-state index in [-0.39, 0.29) is 34.2 Å². The molecule has 2 aliphatic rings. The van der Waals surface area contributed by atoms with Crippen molar-refractivity contribution in [1.82, 2.24) is 0 Å². The van der Waals surface area contributed by atoms with Crippen molar-refractivity contribution < 1.29 is 30.5 Å². The molecule has 4 aromatic carbocycles. The van der Waals surface area contributed by atoms with Gasteiger partial charge in [0.2, 0.25) is 5.69 Å². The smallest absolute Gasteiger partial charge is 0.264 e. The maximum Gasteiger partial charge on any atom is 0.264 e. The molecule has 0 fully saturated rings. The zero-order valence-corrected chi connectivity index (χ0v) is 38.0. The first-order chi connectivity index (χ1) is 28.5. The zero-order valence-electron chi connectivity index (χ0n) is 36.4. The van der Waals surface area contributed by atoms with Crippen LogP contribution in [0.1, 0.15) is 110 Å². The number of hydrogen-bond acceptors (Lipinski definition) is 5. The second kappa shape index (κ2) is 18.9. The predicted molar refractivity (Wildman–Crippen MR) is 250 cm³/mol. The first kappa shape index (κ1) is 45.4. The molecule has 0 radical (unpaired) electrons. The molecule has 10 heteroatoms. The molecule has 0 spiro atoms. The van der Waals surface area contributed by atoms with E-state index in [2.05, 4.69) is 154 Å². The number of hydrogen-bond donors (Lipinski definition) is 2. The van der Waals surface area contributed by atoms with Gasteiger partial charge in [0.05, 0.1) is 16.9 Å². The minimum atomic E-state index is -4.03.